The Labute approximate surface area is 85.3 Å². The van der Waals surface area contributed by atoms with Crippen molar-refractivity contribution >= 4 is 0 Å². The summed E-state index contributed by atoms with van der Waals surface area (Å²) >= 11 is 0. The van der Waals surface area contributed by atoms with Crippen molar-refractivity contribution in [3.05, 3.63) is 24.0 Å². The van der Waals surface area contributed by atoms with E-state index in [2.05, 4.69) is 25.8 Å². The summed E-state index contributed by atoms with van der Waals surface area (Å²) in [6.45, 7) is 6.27. The monoisotopic (exact) mass is 194 g/mol. The maximum absolute atomic E-state index is 6.11. The molecule has 0 aliphatic heterocycles. The molecule has 1 unspecified atom stereocenters. The first-order valence-corrected chi connectivity index (χ1v) is 4.71. The second-order valence-corrected chi connectivity index (χ2v) is 4.43. The molecular weight excluding hydrogens is 176 g/mol. The van der Waals surface area contributed by atoms with Crippen molar-refractivity contribution in [1.82, 2.24) is 4.98 Å². The van der Waals surface area contributed by atoms with Crippen LogP contribution in [0.5, 0.6) is 5.75 Å². The molecule has 0 bridgehead atoms. The zero-order chi connectivity index (χ0) is 10.8. The van der Waals surface area contributed by atoms with Gasteiger partial charge in [0.15, 0.2) is 0 Å². The normalized spacial score (nSPS) is 13.8. The van der Waals surface area contributed by atoms with Gasteiger partial charge in [-0.3, -0.25) is 4.98 Å². The summed E-state index contributed by atoms with van der Waals surface area (Å²) in [5.41, 5.74) is 6.92. The Morgan fingerprint density at radius 3 is 2.57 bits per heavy atom. The van der Waals surface area contributed by atoms with E-state index in [4.69, 9.17) is 10.5 Å². The van der Waals surface area contributed by atoms with Crippen LogP contribution in [0.1, 0.15) is 32.5 Å². The highest BCUT2D eigenvalue weighted by atomic mass is 16.5. The molecule has 78 valence electrons. The summed E-state index contributed by atoms with van der Waals surface area (Å²) in [6, 6.07) is 3.62. The molecule has 1 atom stereocenters. The molecule has 1 heterocycles. The number of methoxy groups -OCH3 is 1. The Kier molecular flexibility index (Phi) is 3.11. The first-order valence-electron chi connectivity index (χ1n) is 4.71. The average molecular weight is 194 g/mol. The van der Waals surface area contributed by atoms with Gasteiger partial charge in [0.1, 0.15) is 5.75 Å². The van der Waals surface area contributed by atoms with E-state index in [1.165, 1.54) is 0 Å². The van der Waals surface area contributed by atoms with Gasteiger partial charge in [-0.15, -0.1) is 0 Å². The molecule has 0 fully saturated rings. The van der Waals surface area contributed by atoms with Gasteiger partial charge in [-0.25, -0.2) is 0 Å². The first kappa shape index (κ1) is 11.0. The maximum Gasteiger partial charge on any atom is 0.141 e. The van der Waals surface area contributed by atoms with Crippen molar-refractivity contribution in [2.24, 2.45) is 11.1 Å². The highest BCUT2D eigenvalue weighted by molar-refractivity contribution is 5.30. The largest absolute Gasteiger partial charge is 0.495 e. The lowest BCUT2D eigenvalue weighted by Crippen LogP contribution is -2.27. The van der Waals surface area contributed by atoms with E-state index in [0.29, 0.717) is 0 Å². The number of hydrogen-bond acceptors (Lipinski definition) is 3. The van der Waals surface area contributed by atoms with E-state index in [-0.39, 0.29) is 11.5 Å². The van der Waals surface area contributed by atoms with Gasteiger partial charge < -0.3 is 10.5 Å². The van der Waals surface area contributed by atoms with Gasteiger partial charge in [0.2, 0.25) is 0 Å². The minimum atomic E-state index is -0.112. The lowest BCUT2D eigenvalue weighted by molar-refractivity contribution is 0.307. The number of pyridine rings is 1. The number of hydrogen-bond donors (Lipinski definition) is 1. The molecule has 3 nitrogen and oxygen atoms in total. The van der Waals surface area contributed by atoms with Gasteiger partial charge >= 0.3 is 0 Å². The second-order valence-electron chi connectivity index (χ2n) is 4.43. The molecule has 0 spiro atoms. The number of nitrogens with zero attached hydrogens (tertiary/aromatic N) is 1. The molecule has 0 saturated heterocycles. The van der Waals surface area contributed by atoms with Gasteiger partial charge in [0, 0.05) is 6.20 Å². The van der Waals surface area contributed by atoms with E-state index >= 15 is 0 Å². The summed E-state index contributed by atoms with van der Waals surface area (Å²) < 4.78 is 5.22. The lowest BCUT2D eigenvalue weighted by Gasteiger charge is -2.27. The van der Waals surface area contributed by atoms with Crippen LogP contribution < -0.4 is 10.5 Å². The molecule has 2 N–H and O–H groups in total. The Bertz CT molecular complexity index is 304. The number of ether oxygens (including phenoxy) is 1. The van der Waals surface area contributed by atoms with Crippen molar-refractivity contribution in [2.75, 3.05) is 7.11 Å². The fourth-order valence-electron chi connectivity index (χ4n) is 1.22. The van der Waals surface area contributed by atoms with Crippen molar-refractivity contribution in [3.8, 4) is 5.75 Å². The third-order valence-corrected chi connectivity index (χ3v) is 2.25. The minimum absolute atomic E-state index is 0.0123. The van der Waals surface area contributed by atoms with E-state index < -0.39 is 0 Å². The van der Waals surface area contributed by atoms with Crippen LogP contribution in [-0.2, 0) is 0 Å². The zero-order valence-corrected chi connectivity index (χ0v) is 9.24. The van der Waals surface area contributed by atoms with Crippen LogP contribution in [-0.4, -0.2) is 12.1 Å². The number of rotatable bonds is 2. The summed E-state index contributed by atoms with van der Waals surface area (Å²) in [4.78, 5) is 4.27. The van der Waals surface area contributed by atoms with Gasteiger partial charge in [0.05, 0.1) is 18.8 Å². The fourth-order valence-corrected chi connectivity index (χ4v) is 1.22. The lowest BCUT2D eigenvalue weighted by atomic mass is 9.85. The topological polar surface area (TPSA) is 48.1 Å². The van der Waals surface area contributed by atoms with E-state index in [9.17, 15) is 0 Å². The molecule has 0 aromatic carbocycles. The summed E-state index contributed by atoms with van der Waals surface area (Å²) in [5.74, 6) is 0.759. The Morgan fingerprint density at radius 2 is 2.07 bits per heavy atom. The van der Waals surface area contributed by atoms with Crippen LogP contribution in [0.3, 0.4) is 0 Å². The highest BCUT2D eigenvalue weighted by Gasteiger charge is 2.25. The van der Waals surface area contributed by atoms with Crippen molar-refractivity contribution in [3.63, 3.8) is 0 Å². The molecule has 0 aliphatic carbocycles. The minimum Gasteiger partial charge on any atom is -0.495 e. The van der Waals surface area contributed by atoms with E-state index in [1.54, 1.807) is 13.3 Å². The molecule has 14 heavy (non-hydrogen) atoms. The molecule has 1 aromatic rings. The average Bonchev–Trinajstić information content (AvgIpc) is 2.15. The third-order valence-electron chi connectivity index (χ3n) is 2.25. The van der Waals surface area contributed by atoms with Crippen LogP contribution in [0.4, 0.5) is 0 Å². The second kappa shape index (κ2) is 3.96. The summed E-state index contributed by atoms with van der Waals surface area (Å²) in [5, 5.41) is 0. The predicted molar refractivity (Wildman–Crippen MR) is 57.2 cm³/mol. The third kappa shape index (κ3) is 2.23. The fraction of sp³-hybridized carbons (Fsp3) is 0.545. The van der Waals surface area contributed by atoms with Crippen LogP contribution in [0.15, 0.2) is 18.3 Å². The molecule has 3 heteroatoms. The molecule has 0 amide bonds. The molecule has 0 saturated carbocycles. The van der Waals surface area contributed by atoms with Crippen molar-refractivity contribution in [2.45, 2.75) is 26.8 Å². The van der Waals surface area contributed by atoms with E-state index in [0.717, 1.165) is 11.4 Å². The number of nitrogens with two attached hydrogens (primary N) is 1. The molecule has 0 radical (unpaired) electrons. The van der Waals surface area contributed by atoms with Gasteiger partial charge in [-0.05, 0) is 17.5 Å². The van der Waals surface area contributed by atoms with Crippen molar-refractivity contribution in [1.29, 1.82) is 0 Å². The van der Waals surface area contributed by atoms with Gasteiger partial charge in [-0.2, -0.15) is 0 Å². The van der Waals surface area contributed by atoms with Crippen LogP contribution in [0, 0.1) is 5.41 Å². The summed E-state index contributed by atoms with van der Waals surface area (Å²) in [7, 11) is 1.63. The van der Waals surface area contributed by atoms with Crippen LogP contribution >= 0.6 is 0 Å². The zero-order valence-electron chi connectivity index (χ0n) is 9.24. The predicted octanol–water partition coefficient (Wildman–Crippen LogP) is 2.14. The van der Waals surface area contributed by atoms with Crippen molar-refractivity contribution < 1.29 is 4.74 Å². The molecule has 0 aliphatic rings. The van der Waals surface area contributed by atoms with E-state index in [1.807, 2.05) is 12.1 Å². The Morgan fingerprint density at radius 1 is 1.43 bits per heavy atom. The molecule has 1 aromatic heterocycles. The standard InChI is InChI=1S/C11H18N2O/c1-11(2,3)10(12)9-8(14-4)6-5-7-13-9/h5-7,10H,12H2,1-4H3. The SMILES string of the molecule is COc1cccnc1C(N)C(C)(C)C. The van der Waals surface area contributed by atoms with Crippen LogP contribution in [0.2, 0.25) is 0 Å². The first-order chi connectivity index (χ1) is 6.46. The number of aromatic nitrogens is 1. The van der Waals surface area contributed by atoms with Gasteiger partial charge in [-0.1, -0.05) is 20.8 Å². The Balaban J connectivity index is 3.06. The summed E-state index contributed by atoms with van der Waals surface area (Å²) in [6.07, 6.45) is 1.74. The van der Waals surface area contributed by atoms with Crippen LogP contribution in [0.25, 0.3) is 0 Å². The quantitative estimate of drug-likeness (QED) is 0.784. The molecular formula is C11H18N2O. The van der Waals surface area contributed by atoms with Gasteiger partial charge in [0.25, 0.3) is 0 Å². The molecule has 1 rings (SSSR count). The Hall–Kier alpha value is -1.09. The maximum atomic E-state index is 6.11. The smallest absolute Gasteiger partial charge is 0.141 e. The highest BCUT2D eigenvalue weighted by Crippen LogP contribution is 2.33.